The maximum Gasteiger partial charge on any atom is 0.223 e. The van der Waals surface area contributed by atoms with Crippen molar-refractivity contribution in [1.82, 2.24) is 23.8 Å². The van der Waals surface area contributed by atoms with Crippen LogP contribution in [-0.4, -0.2) is 81.6 Å². The van der Waals surface area contributed by atoms with Gasteiger partial charge in [-0.05, 0) is 32.4 Å². The molecule has 0 amide bonds. The molecule has 2 N–H and O–H groups in total. The third-order valence-electron chi connectivity index (χ3n) is 6.55. The molecule has 188 valence electrons. The van der Waals surface area contributed by atoms with E-state index in [1.54, 1.807) is 13.0 Å². The number of aromatic nitrogens is 4. The molecular formula is C22H26ClFN6O4S. The molecular weight excluding hydrogens is 499 g/mol. The van der Waals surface area contributed by atoms with Crippen molar-refractivity contribution in [3.8, 4) is 11.3 Å². The first-order chi connectivity index (χ1) is 16.7. The van der Waals surface area contributed by atoms with Crippen LogP contribution in [0.1, 0.15) is 25.2 Å². The van der Waals surface area contributed by atoms with Gasteiger partial charge in [0.2, 0.25) is 16.0 Å². The number of β-amino-alcohol motifs (C(OH)–C–C–N with tert-alkyl or cyclic N) is 1. The molecule has 2 saturated heterocycles. The molecule has 2 fully saturated rings. The molecule has 2 aliphatic heterocycles. The molecule has 4 heterocycles. The van der Waals surface area contributed by atoms with Crippen LogP contribution >= 0.6 is 11.6 Å². The van der Waals surface area contributed by atoms with Gasteiger partial charge in [0.15, 0.2) is 5.82 Å². The average Bonchev–Trinajstić information content (AvgIpc) is 3.11. The van der Waals surface area contributed by atoms with E-state index in [0.717, 1.165) is 0 Å². The van der Waals surface area contributed by atoms with Crippen molar-refractivity contribution in [2.75, 3.05) is 37.4 Å². The molecule has 13 heteroatoms. The third-order valence-corrected chi connectivity index (χ3v) is 8.67. The van der Waals surface area contributed by atoms with E-state index in [0.29, 0.717) is 42.2 Å². The van der Waals surface area contributed by atoms with Crippen LogP contribution in [0.5, 0.6) is 0 Å². The number of aliphatic hydroxyl groups is 1. The van der Waals surface area contributed by atoms with Crippen LogP contribution in [0.15, 0.2) is 18.3 Å². The zero-order valence-corrected chi connectivity index (χ0v) is 20.9. The Hall–Kier alpha value is -2.38. The Bertz CT molecular complexity index is 1380. The lowest BCUT2D eigenvalue weighted by Gasteiger charge is -2.35. The summed E-state index contributed by atoms with van der Waals surface area (Å²) in [6.07, 6.45) is 0.854. The van der Waals surface area contributed by atoms with Gasteiger partial charge >= 0.3 is 0 Å². The van der Waals surface area contributed by atoms with Crippen LogP contribution in [-0.2, 0) is 14.8 Å². The van der Waals surface area contributed by atoms with Crippen molar-refractivity contribution in [3.63, 3.8) is 0 Å². The summed E-state index contributed by atoms with van der Waals surface area (Å²) in [5.41, 5.74) is 1.71. The Morgan fingerprint density at radius 3 is 2.74 bits per heavy atom. The van der Waals surface area contributed by atoms with Gasteiger partial charge in [0.05, 0.1) is 59.6 Å². The molecule has 1 aromatic carbocycles. The second-order valence-electron chi connectivity index (χ2n) is 8.80. The number of halogens is 2. The quantitative estimate of drug-likeness (QED) is 0.504. The van der Waals surface area contributed by atoms with Gasteiger partial charge < -0.3 is 19.7 Å². The van der Waals surface area contributed by atoms with Gasteiger partial charge in [-0.25, -0.2) is 27.8 Å². The fourth-order valence-corrected chi connectivity index (χ4v) is 5.88. The van der Waals surface area contributed by atoms with E-state index in [9.17, 15) is 13.5 Å². The first kappa shape index (κ1) is 24.3. The Balaban J connectivity index is 1.43. The number of piperidine rings is 1. The Morgan fingerprint density at radius 2 is 2.09 bits per heavy atom. The number of imidazole rings is 1. The Labute approximate surface area is 207 Å². The van der Waals surface area contributed by atoms with E-state index < -0.39 is 28.0 Å². The first-order valence-corrected chi connectivity index (χ1v) is 13.4. The number of ether oxygens (including phenoxy) is 1. The average molecular weight is 525 g/mol. The van der Waals surface area contributed by atoms with Crippen LogP contribution in [0.3, 0.4) is 0 Å². The highest BCUT2D eigenvalue weighted by molar-refractivity contribution is 7.89. The zero-order chi connectivity index (χ0) is 24.9. The number of nitrogens with zero attached hydrogens (tertiary/aromatic N) is 5. The summed E-state index contributed by atoms with van der Waals surface area (Å²) in [6, 6.07) is 2.79. The van der Waals surface area contributed by atoms with E-state index in [4.69, 9.17) is 16.3 Å². The van der Waals surface area contributed by atoms with E-state index in [-0.39, 0.29) is 41.4 Å². The van der Waals surface area contributed by atoms with Gasteiger partial charge in [-0.2, -0.15) is 4.31 Å². The number of fused-ring (bicyclic) bond motifs is 1. The van der Waals surface area contributed by atoms with Gasteiger partial charge in [-0.3, -0.25) is 0 Å². The number of benzene rings is 1. The summed E-state index contributed by atoms with van der Waals surface area (Å²) < 4.78 is 47.9. The fourth-order valence-electron chi connectivity index (χ4n) is 4.55. The smallest absolute Gasteiger partial charge is 0.223 e. The minimum absolute atomic E-state index is 0.00954. The van der Waals surface area contributed by atoms with E-state index in [1.165, 1.54) is 16.6 Å². The number of nitrogens with one attached hydrogen (secondary N) is 1. The number of sulfonamides is 1. The summed E-state index contributed by atoms with van der Waals surface area (Å²) in [5.74, 6) is 0.404. The minimum Gasteiger partial charge on any atom is -0.390 e. The molecule has 5 rings (SSSR count). The minimum atomic E-state index is -3.38. The van der Waals surface area contributed by atoms with E-state index in [1.807, 2.05) is 11.5 Å². The summed E-state index contributed by atoms with van der Waals surface area (Å²) >= 11 is 6.40. The SMILES string of the molecule is CCS(=O)(=O)N1CC[C@@H](Nc2ncc(Cl)c(-c3cc(F)c4nc(C)n(C5COC5)c4c3)n2)[C@H](O)C1. The molecule has 0 aliphatic carbocycles. The van der Waals surface area contributed by atoms with Crippen molar-refractivity contribution in [2.24, 2.45) is 0 Å². The van der Waals surface area contributed by atoms with Crippen molar-refractivity contribution >= 4 is 38.6 Å². The van der Waals surface area contributed by atoms with Gasteiger partial charge in [0.25, 0.3) is 0 Å². The third kappa shape index (κ3) is 4.49. The molecule has 3 aromatic rings. The number of aliphatic hydroxyl groups excluding tert-OH is 1. The Morgan fingerprint density at radius 1 is 1.31 bits per heavy atom. The van der Waals surface area contributed by atoms with Crippen LogP contribution in [0.25, 0.3) is 22.3 Å². The summed E-state index contributed by atoms with van der Waals surface area (Å²) in [6.45, 7) is 4.76. The van der Waals surface area contributed by atoms with Crippen LogP contribution in [0.2, 0.25) is 5.02 Å². The van der Waals surface area contributed by atoms with E-state index in [2.05, 4.69) is 20.3 Å². The highest BCUT2D eigenvalue weighted by Gasteiger charge is 2.33. The van der Waals surface area contributed by atoms with Gasteiger partial charge in [0.1, 0.15) is 11.3 Å². The predicted octanol–water partition coefficient (Wildman–Crippen LogP) is 2.36. The standard InChI is InChI=1S/C22H26ClFN6O4S/c1-3-35(32,33)29-5-4-17(19(31)9-29)27-22-25-8-15(23)20(28-22)13-6-16(24)21-18(7-13)30(12(2)26-21)14-10-34-11-14/h6-8,14,17,19,31H,3-5,9-11H2,1-2H3,(H,25,27,28)/t17-,19-/m1/s1. The molecule has 0 spiro atoms. The van der Waals surface area contributed by atoms with E-state index >= 15 is 4.39 Å². The molecule has 10 nitrogen and oxygen atoms in total. The normalized spacial score (nSPS) is 21.9. The molecule has 0 bridgehead atoms. The molecule has 2 aromatic heterocycles. The number of hydrogen-bond donors (Lipinski definition) is 2. The predicted molar refractivity (Wildman–Crippen MR) is 129 cm³/mol. The van der Waals surface area contributed by atoms with Crippen molar-refractivity contribution in [2.45, 2.75) is 38.5 Å². The van der Waals surface area contributed by atoms with Crippen LogP contribution < -0.4 is 5.32 Å². The highest BCUT2D eigenvalue weighted by Crippen LogP contribution is 2.33. The maximum atomic E-state index is 15.0. The highest BCUT2D eigenvalue weighted by atomic mass is 35.5. The Kier molecular flexibility index (Phi) is 6.43. The van der Waals surface area contributed by atoms with Crippen LogP contribution in [0.4, 0.5) is 10.3 Å². The summed E-state index contributed by atoms with van der Waals surface area (Å²) in [5, 5.41) is 13.9. The molecule has 0 saturated carbocycles. The van der Waals surface area contributed by atoms with Gasteiger partial charge in [-0.15, -0.1) is 0 Å². The largest absolute Gasteiger partial charge is 0.390 e. The van der Waals surface area contributed by atoms with Crippen LogP contribution in [0, 0.1) is 12.7 Å². The monoisotopic (exact) mass is 524 g/mol. The topological polar surface area (TPSA) is 122 Å². The molecule has 0 radical (unpaired) electrons. The van der Waals surface area contributed by atoms with Crippen molar-refractivity contribution in [3.05, 3.63) is 35.0 Å². The first-order valence-electron chi connectivity index (χ1n) is 11.4. The second-order valence-corrected chi connectivity index (χ2v) is 11.5. The molecule has 2 aliphatic rings. The molecule has 35 heavy (non-hydrogen) atoms. The maximum absolute atomic E-state index is 15.0. The number of anilines is 1. The number of aryl methyl sites for hydroxylation is 1. The lowest BCUT2D eigenvalue weighted by atomic mass is 10.0. The molecule has 2 atom stereocenters. The second kappa shape index (κ2) is 9.25. The lowest BCUT2D eigenvalue weighted by Crippen LogP contribution is -2.52. The molecule has 0 unspecified atom stereocenters. The lowest BCUT2D eigenvalue weighted by molar-refractivity contribution is -0.0224. The van der Waals surface area contributed by atoms with Crippen molar-refractivity contribution in [1.29, 1.82) is 0 Å². The van der Waals surface area contributed by atoms with Gasteiger partial charge in [0, 0.05) is 18.7 Å². The van der Waals surface area contributed by atoms with Crippen molar-refractivity contribution < 1.29 is 22.7 Å². The summed E-state index contributed by atoms with van der Waals surface area (Å²) in [7, 11) is -3.38. The summed E-state index contributed by atoms with van der Waals surface area (Å²) in [4.78, 5) is 13.1. The van der Waals surface area contributed by atoms with Gasteiger partial charge in [-0.1, -0.05) is 11.6 Å². The number of hydrogen-bond acceptors (Lipinski definition) is 8. The fraction of sp³-hybridized carbons (Fsp3) is 0.500. The number of rotatable bonds is 6. The zero-order valence-electron chi connectivity index (χ0n) is 19.3.